The maximum atomic E-state index is 12.8. The summed E-state index contributed by atoms with van der Waals surface area (Å²) in [6.45, 7) is 8.05. The molecule has 118 valence electrons. The molecule has 2 heterocycles. The number of aryl methyl sites for hydroxylation is 2. The summed E-state index contributed by atoms with van der Waals surface area (Å²) >= 11 is 0. The fourth-order valence-corrected chi connectivity index (χ4v) is 2.98. The summed E-state index contributed by atoms with van der Waals surface area (Å²) in [4.78, 5) is 14.8. The summed E-state index contributed by atoms with van der Waals surface area (Å²) in [7, 11) is 1.86. The van der Waals surface area contributed by atoms with Gasteiger partial charge >= 0.3 is 0 Å². The Morgan fingerprint density at radius 2 is 2.14 bits per heavy atom. The van der Waals surface area contributed by atoms with Crippen LogP contribution in [0.5, 0.6) is 0 Å². The van der Waals surface area contributed by atoms with E-state index in [0.29, 0.717) is 11.6 Å². The Hall–Kier alpha value is -1.36. The molecule has 2 rings (SSSR count). The van der Waals surface area contributed by atoms with Crippen molar-refractivity contribution in [3.8, 4) is 0 Å². The maximum Gasteiger partial charge on any atom is 0.272 e. The molecular formula is C16H28N4O. The lowest BCUT2D eigenvalue weighted by Crippen LogP contribution is -2.40. The molecule has 1 aromatic heterocycles. The van der Waals surface area contributed by atoms with Crippen LogP contribution in [0.15, 0.2) is 6.07 Å². The molecule has 1 amide bonds. The molecule has 0 atom stereocenters. The van der Waals surface area contributed by atoms with Gasteiger partial charge in [0.15, 0.2) is 0 Å². The van der Waals surface area contributed by atoms with Crippen LogP contribution in [-0.2, 0) is 13.5 Å². The van der Waals surface area contributed by atoms with Gasteiger partial charge in [-0.2, -0.15) is 5.10 Å². The van der Waals surface area contributed by atoms with Crippen LogP contribution in [0.1, 0.15) is 49.3 Å². The van der Waals surface area contributed by atoms with Gasteiger partial charge in [-0.25, -0.2) is 0 Å². The van der Waals surface area contributed by atoms with Crippen molar-refractivity contribution in [2.24, 2.45) is 13.0 Å². The predicted molar refractivity (Wildman–Crippen MR) is 84.4 cm³/mol. The van der Waals surface area contributed by atoms with E-state index in [0.717, 1.165) is 44.7 Å². The van der Waals surface area contributed by atoms with E-state index >= 15 is 0 Å². The lowest BCUT2D eigenvalue weighted by molar-refractivity contribution is 0.0705. The second kappa shape index (κ2) is 7.59. The first kappa shape index (κ1) is 16.0. The van der Waals surface area contributed by atoms with E-state index in [2.05, 4.69) is 24.3 Å². The van der Waals surface area contributed by atoms with E-state index in [1.54, 1.807) is 4.68 Å². The third kappa shape index (κ3) is 4.06. The van der Waals surface area contributed by atoms with E-state index < -0.39 is 0 Å². The van der Waals surface area contributed by atoms with E-state index in [1.807, 2.05) is 18.0 Å². The minimum absolute atomic E-state index is 0.130. The Morgan fingerprint density at radius 3 is 2.71 bits per heavy atom. The van der Waals surface area contributed by atoms with Gasteiger partial charge in [-0.3, -0.25) is 9.48 Å². The number of carbonyl (C=O) groups excluding carboxylic acids is 1. The highest BCUT2D eigenvalue weighted by Gasteiger charge is 2.23. The molecule has 1 N–H and O–H groups in total. The highest BCUT2D eigenvalue weighted by Crippen LogP contribution is 2.16. The van der Waals surface area contributed by atoms with Crippen molar-refractivity contribution < 1.29 is 4.79 Å². The molecule has 1 aliphatic rings. The monoisotopic (exact) mass is 292 g/mol. The average molecular weight is 292 g/mol. The van der Waals surface area contributed by atoms with Crippen molar-refractivity contribution in [2.45, 2.75) is 39.5 Å². The molecule has 0 bridgehead atoms. The molecule has 5 heteroatoms. The fraction of sp³-hybridized carbons (Fsp3) is 0.750. The third-order valence-electron chi connectivity index (χ3n) is 4.23. The van der Waals surface area contributed by atoms with Gasteiger partial charge in [0, 0.05) is 20.1 Å². The zero-order valence-corrected chi connectivity index (χ0v) is 13.6. The zero-order chi connectivity index (χ0) is 15.2. The molecule has 1 aromatic rings. The minimum Gasteiger partial charge on any atom is -0.337 e. The van der Waals surface area contributed by atoms with Crippen LogP contribution in [0.3, 0.4) is 0 Å². The van der Waals surface area contributed by atoms with Crippen LogP contribution in [-0.4, -0.2) is 46.8 Å². The number of rotatable bonds is 6. The van der Waals surface area contributed by atoms with Crippen molar-refractivity contribution in [3.63, 3.8) is 0 Å². The number of piperidine rings is 1. The smallest absolute Gasteiger partial charge is 0.272 e. The second-order valence-electron chi connectivity index (χ2n) is 5.94. The summed E-state index contributed by atoms with van der Waals surface area (Å²) in [6.07, 6.45) is 4.19. The van der Waals surface area contributed by atoms with Crippen LogP contribution < -0.4 is 5.32 Å². The van der Waals surface area contributed by atoms with E-state index in [4.69, 9.17) is 0 Å². The van der Waals surface area contributed by atoms with Crippen molar-refractivity contribution >= 4 is 5.91 Å². The molecule has 1 aliphatic heterocycles. The van der Waals surface area contributed by atoms with Crippen LogP contribution >= 0.6 is 0 Å². The summed E-state index contributed by atoms with van der Waals surface area (Å²) in [5, 5.41) is 7.78. The molecule has 0 saturated carbocycles. The molecule has 0 aliphatic carbocycles. The van der Waals surface area contributed by atoms with Gasteiger partial charge in [-0.05, 0) is 50.8 Å². The largest absolute Gasteiger partial charge is 0.337 e. The van der Waals surface area contributed by atoms with Crippen molar-refractivity contribution in [1.82, 2.24) is 20.0 Å². The Bertz CT molecular complexity index is 463. The van der Waals surface area contributed by atoms with Crippen LogP contribution in [0.4, 0.5) is 0 Å². The standard InChI is InChI=1S/C16H28N4O/c1-4-10-20(12-13-6-8-17-9-7-13)16(21)15-11-14(5-2)18-19(15)3/h11,13,17H,4-10,12H2,1-3H3. The topological polar surface area (TPSA) is 50.2 Å². The second-order valence-corrected chi connectivity index (χ2v) is 5.94. The van der Waals surface area contributed by atoms with E-state index in [9.17, 15) is 4.79 Å². The number of hydrogen-bond donors (Lipinski definition) is 1. The summed E-state index contributed by atoms with van der Waals surface area (Å²) in [5.41, 5.74) is 1.70. The molecule has 0 spiro atoms. The molecule has 5 nitrogen and oxygen atoms in total. The molecular weight excluding hydrogens is 264 g/mol. The van der Waals surface area contributed by atoms with Gasteiger partial charge in [-0.15, -0.1) is 0 Å². The van der Waals surface area contributed by atoms with Crippen molar-refractivity contribution in [1.29, 1.82) is 0 Å². The Kier molecular flexibility index (Phi) is 5.79. The van der Waals surface area contributed by atoms with Crippen LogP contribution in [0.25, 0.3) is 0 Å². The first-order valence-corrected chi connectivity index (χ1v) is 8.18. The van der Waals surface area contributed by atoms with Crippen molar-refractivity contribution in [3.05, 3.63) is 17.5 Å². The average Bonchev–Trinajstić information content (AvgIpc) is 2.88. The number of amides is 1. The normalized spacial score (nSPS) is 16.1. The van der Waals surface area contributed by atoms with Gasteiger partial charge in [0.05, 0.1) is 5.69 Å². The summed E-state index contributed by atoms with van der Waals surface area (Å²) in [5.74, 6) is 0.755. The minimum atomic E-state index is 0.130. The van der Waals surface area contributed by atoms with Gasteiger partial charge in [0.2, 0.25) is 0 Å². The van der Waals surface area contributed by atoms with Crippen LogP contribution in [0.2, 0.25) is 0 Å². The zero-order valence-electron chi connectivity index (χ0n) is 13.6. The number of hydrogen-bond acceptors (Lipinski definition) is 3. The Balaban J connectivity index is 2.08. The van der Waals surface area contributed by atoms with Gasteiger partial charge in [-0.1, -0.05) is 13.8 Å². The fourth-order valence-electron chi connectivity index (χ4n) is 2.98. The molecule has 0 aromatic carbocycles. The third-order valence-corrected chi connectivity index (χ3v) is 4.23. The highest BCUT2D eigenvalue weighted by molar-refractivity contribution is 5.92. The number of aromatic nitrogens is 2. The number of nitrogens with zero attached hydrogens (tertiary/aromatic N) is 3. The first-order valence-electron chi connectivity index (χ1n) is 8.18. The molecule has 0 unspecified atom stereocenters. The Morgan fingerprint density at radius 1 is 1.43 bits per heavy atom. The molecule has 1 saturated heterocycles. The van der Waals surface area contributed by atoms with E-state index in [1.165, 1.54) is 12.8 Å². The summed E-state index contributed by atoms with van der Waals surface area (Å²) < 4.78 is 1.73. The predicted octanol–water partition coefficient (Wildman–Crippen LogP) is 1.83. The maximum absolute atomic E-state index is 12.8. The lowest BCUT2D eigenvalue weighted by Gasteiger charge is -2.30. The highest BCUT2D eigenvalue weighted by atomic mass is 16.2. The SMILES string of the molecule is CCCN(CC1CCNCC1)C(=O)c1cc(CC)nn1C. The summed E-state index contributed by atoms with van der Waals surface area (Å²) in [6, 6.07) is 1.94. The Labute approximate surface area is 127 Å². The molecule has 1 fully saturated rings. The molecule has 21 heavy (non-hydrogen) atoms. The molecule has 0 radical (unpaired) electrons. The van der Waals surface area contributed by atoms with Gasteiger partial charge in [0.25, 0.3) is 5.91 Å². The first-order chi connectivity index (χ1) is 10.2. The quantitative estimate of drug-likeness (QED) is 0.870. The van der Waals surface area contributed by atoms with E-state index in [-0.39, 0.29) is 5.91 Å². The number of carbonyl (C=O) groups is 1. The van der Waals surface area contributed by atoms with Crippen LogP contribution in [0, 0.1) is 5.92 Å². The van der Waals surface area contributed by atoms with Gasteiger partial charge < -0.3 is 10.2 Å². The van der Waals surface area contributed by atoms with Gasteiger partial charge in [0.1, 0.15) is 5.69 Å². The van der Waals surface area contributed by atoms with Crippen molar-refractivity contribution in [2.75, 3.05) is 26.2 Å². The lowest BCUT2D eigenvalue weighted by atomic mass is 9.97. The number of nitrogens with one attached hydrogen (secondary N) is 1.